The summed E-state index contributed by atoms with van der Waals surface area (Å²) in [5.41, 5.74) is 4.60. The molecule has 1 heterocycles. The number of aromatic nitrogens is 2. The van der Waals surface area contributed by atoms with Crippen LogP contribution in [0.5, 0.6) is 0 Å². The van der Waals surface area contributed by atoms with Crippen LogP contribution in [-0.2, 0) is 6.42 Å². The molecule has 0 saturated carbocycles. The molecule has 3 aromatic rings. The SMILES string of the molecule is CCc1nc2ccc(Br)cc2c(=O)n1Nc1ccccc1. The molecular formula is C16H14BrN3O. The van der Waals surface area contributed by atoms with Gasteiger partial charge in [-0.3, -0.25) is 10.2 Å². The Bertz CT molecular complexity index is 843. The van der Waals surface area contributed by atoms with Crippen molar-refractivity contribution in [3.05, 3.63) is 69.2 Å². The molecule has 3 rings (SSSR count). The zero-order chi connectivity index (χ0) is 14.8. The van der Waals surface area contributed by atoms with Gasteiger partial charge in [-0.1, -0.05) is 41.1 Å². The van der Waals surface area contributed by atoms with Crippen molar-refractivity contribution in [1.82, 2.24) is 9.66 Å². The maximum atomic E-state index is 12.7. The Morgan fingerprint density at radius 2 is 1.95 bits per heavy atom. The Labute approximate surface area is 130 Å². The number of hydrogen-bond acceptors (Lipinski definition) is 3. The van der Waals surface area contributed by atoms with E-state index in [1.807, 2.05) is 49.4 Å². The first-order chi connectivity index (χ1) is 10.2. The lowest BCUT2D eigenvalue weighted by molar-refractivity contribution is 0.780. The molecule has 0 unspecified atom stereocenters. The molecule has 0 atom stereocenters. The maximum absolute atomic E-state index is 12.7. The topological polar surface area (TPSA) is 46.9 Å². The van der Waals surface area contributed by atoms with Gasteiger partial charge in [0, 0.05) is 10.9 Å². The average Bonchev–Trinajstić information content (AvgIpc) is 2.51. The second-order valence-corrected chi connectivity index (χ2v) is 5.58. The molecule has 0 aliphatic carbocycles. The van der Waals surface area contributed by atoms with Gasteiger partial charge in [-0.05, 0) is 30.3 Å². The number of nitrogens with one attached hydrogen (secondary N) is 1. The van der Waals surface area contributed by atoms with E-state index in [4.69, 9.17) is 0 Å². The largest absolute Gasteiger partial charge is 0.290 e. The van der Waals surface area contributed by atoms with Gasteiger partial charge in [0.05, 0.1) is 16.6 Å². The van der Waals surface area contributed by atoms with Crippen molar-refractivity contribution < 1.29 is 0 Å². The Balaban J connectivity index is 2.20. The van der Waals surface area contributed by atoms with E-state index in [0.29, 0.717) is 23.1 Å². The molecule has 21 heavy (non-hydrogen) atoms. The van der Waals surface area contributed by atoms with Crippen LogP contribution in [0.15, 0.2) is 57.8 Å². The lowest BCUT2D eigenvalue weighted by atomic mass is 10.2. The number of halogens is 1. The lowest BCUT2D eigenvalue weighted by Gasteiger charge is -2.14. The summed E-state index contributed by atoms with van der Waals surface area (Å²) in [6.07, 6.45) is 0.668. The summed E-state index contributed by atoms with van der Waals surface area (Å²) in [5, 5.41) is 0.588. The minimum Gasteiger partial charge on any atom is -0.290 e. The van der Waals surface area contributed by atoms with Crippen molar-refractivity contribution in [2.75, 3.05) is 5.43 Å². The summed E-state index contributed by atoms with van der Waals surface area (Å²) in [7, 11) is 0. The highest BCUT2D eigenvalue weighted by Gasteiger charge is 2.10. The van der Waals surface area contributed by atoms with Crippen molar-refractivity contribution in [3.63, 3.8) is 0 Å². The van der Waals surface area contributed by atoms with E-state index < -0.39 is 0 Å². The number of nitrogens with zero attached hydrogens (tertiary/aromatic N) is 2. The van der Waals surface area contributed by atoms with Gasteiger partial charge < -0.3 is 0 Å². The Morgan fingerprint density at radius 1 is 1.19 bits per heavy atom. The molecule has 5 heteroatoms. The first-order valence-corrected chi connectivity index (χ1v) is 7.51. The number of rotatable bonds is 3. The van der Waals surface area contributed by atoms with Gasteiger partial charge in [0.25, 0.3) is 5.56 Å². The summed E-state index contributed by atoms with van der Waals surface area (Å²) in [4.78, 5) is 17.3. The molecule has 0 saturated heterocycles. The molecule has 2 aromatic carbocycles. The van der Waals surface area contributed by atoms with Crippen LogP contribution in [0.3, 0.4) is 0 Å². The summed E-state index contributed by atoms with van der Waals surface area (Å²) in [6.45, 7) is 1.98. The van der Waals surface area contributed by atoms with Crippen molar-refractivity contribution in [2.45, 2.75) is 13.3 Å². The molecule has 106 valence electrons. The van der Waals surface area contributed by atoms with Crippen LogP contribution in [0.25, 0.3) is 10.9 Å². The predicted octanol–water partition coefficient (Wildman–Crippen LogP) is 3.60. The number of fused-ring (bicyclic) bond motifs is 1. The van der Waals surface area contributed by atoms with Crippen molar-refractivity contribution in [2.24, 2.45) is 0 Å². The predicted molar refractivity (Wildman–Crippen MR) is 88.5 cm³/mol. The zero-order valence-corrected chi connectivity index (χ0v) is 13.1. The number of aryl methyl sites for hydroxylation is 1. The number of hydrogen-bond donors (Lipinski definition) is 1. The minimum absolute atomic E-state index is 0.0954. The van der Waals surface area contributed by atoms with Gasteiger partial charge in [0.15, 0.2) is 0 Å². The molecule has 0 radical (unpaired) electrons. The molecule has 0 spiro atoms. The van der Waals surface area contributed by atoms with Crippen LogP contribution in [-0.4, -0.2) is 9.66 Å². The second-order valence-electron chi connectivity index (χ2n) is 4.66. The van der Waals surface area contributed by atoms with Crippen LogP contribution in [0.1, 0.15) is 12.7 Å². The molecule has 0 aliphatic rings. The fraction of sp³-hybridized carbons (Fsp3) is 0.125. The highest BCUT2D eigenvalue weighted by Crippen LogP contribution is 2.16. The van der Waals surface area contributed by atoms with Crippen LogP contribution in [0, 0.1) is 0 Å². The molecule has 0 aliphatic heterocycles. The Kier molecular flexibility index (Phi) is 3.75. The number of anilines is 1. The van der Waals surface area contributed by atoms with Gasteiger partial charge >= 0.3 is 0 Å². The zero-order valence-electron chi connectivity index (χ0n) is 11.5. The van der Waals surface area contributed by atoms with E-state index in [1.165, 1.54) is 4.68 Å². The second kappa shape index (κ2) is 5.69. The van der Waals surface area contributed by atoms with E-state index in [1.54, 1.807) is 6.07 Å². The highest BCUT2D eigenvalue weighted by atomic mass is 79.9. The van der Waals surface area contributed by atoms with Gasteiger partial charge in [-0.25, -0.2) is 9.66 Å². The third-order valence-electron chi connectivity index (χ3n) is 3.23. The lowest BCUT2D eigenvalue weighted by Crippen LogP contribution is -2.30. The van der Waals surface area contributed by atoms with Gasteiger partial charge in [-0.15, -0.1) is 0 Å². The summed E-state index contributed by atoms with van der Waals surface area (Å²) < 4.78 is 2.38. The monoisotopic (exact) mass is 343 g/mol. The molecular weight excluding hydrogens is 330 g/mol. The fourth-order valence-electron chi connectivity index (χ4n) is 2.20. The third-order valence-corrected chi connectivity index (χ3v) is 3.72. The first kappa shape index (κ1) is 13.8. The van der Waals surface area contributed by atoms with Gasteiger partial charge in [-0.2, -0.15) is 0 Å². The molecule has 4 nitrogen and oxygen atoms in total. The fourth-order valence-corrected chi connectivity index (χ4v) is 2.56. The van der Waals surface area contributed by atoms with E-state index in [0.717, 1.165) is 10.2 Å². The molecule has 0 amide bonds. The highest BCUT2D eigenvalue weighted by molar-refractivity contribution is 9.10. The normalized spacial score (nSPS) is 10.8. The van der Waals surface area contributed by atoms with E-state index in [-0.39, 0.29) is 5.56 Å². The third kappa shape index (κ3) is 2.69. The van der Waals surface area contributed by atoms with Crippen molar-refractivity contribution in [1.29, 1.82) is 0 Å². The van der Waals surface area contributed by atoms with Gasteiger partial charge in [0.1, 0.15) is 5.82 Å². The van der Waals surface area contributed by atoms with Gasteiger partial charge in [0.2, 0.25) is 0 Å². The quantitative estimate of drug-likeness (QED) is 0.790. The van der Waals surface area contributed by atoms with Crippen molar-refractivity contribution in [3.8, 4) is 0 Å². The Hall–Kier alpha value is -2.14. The van der Waals surface area contributed by atoms with Crippen LogP contribution >= 0.6 is 15.9 Å². The smallest absolute Gasteiger partial charge is 0.280 e. The Morgan fingerprint density at radius 3 is 2.67 bits per heavy atom. The van der Waals surface area contributed by atoms with E-state index in [9.17, 15) is 4.79 Å². The number of benzene rings is 2. The molecule has 1 N–H and O–H groups in total. The van der Waals surface area contributed by atoms with Crippen LogP contribution < -0.4 is 11.0 Å². The molecule has 0 bridgehead atoms. The minimum atomic E-state index is -0.0954. The summed E-state index contributed by atoms with van der Waals surface area (Å²) in [6, 6.07) is 15.1. The number of para-hydroxylation sites is 1. The first-order valence-electron chi connectivity index (χ1n) is 6.72. The summed E-state index contributed by atoms with van der Waals surface area (Å²) >= 11 is 3.40. The molecule has 1 aromatic heterocycles. The standard InChI is InChI=1S/C16H14BrN3O/c1-2-15-18-14-9-8-11(17)10-13(14)16(21)20(15)19-12-6-4-3-5-7-12/h3-10,19H,2H2,1H3. The van der Waals surface area contributed by atoms with Crippen LogP contribution in [0.4, 0.5) is 5.69 Å². The van der Waals surface area contributed by atoms with E-state index in [2.05, 4.69) is 26.3 Å². The van der Waals surface area contributed by atoms with Crippen LogP contribution in [0.2, 0.25) is 0 Å². The van der Waals surface area contributed by atoms with E-state index >= 15 is 0 Å². The molecule has 0 fully saturated rings. The average molecular weight is 344 g/mol. The maximum Gasteiger partial charge on any atom is 0.280 e. The van der Waals surface area contributed by atoms with Crippen molar-refractivity contribution >= 4 is 32.5 Å². The summed E-state index contributed by atoms with van der Waals surface area (Å²) in [5.74, 6) is 0.707.